The summed E-state index contributed by atoms with van der Waals surface area (Å²) in [7, 11) is 0. The number of amides is 1. The molecule has 1 aromatic heterocycles. The van der Waals surface area contributed by atoms with E-state index in [2.05, 4.69) is 53.1 Å². The quantitative estimate of drug-likeness (QED) is 0.574. The van der Waals surface area contributed by atoms with E-state index in [0.29, 0.717) is 16.3 Å². The third kappa shape index (κ3) is 3.36. The second-order valence-corrected chi connectivity index (χ2v) is 8.36. The highest BCUT2D eigenvalue weighted by Crippen LogP contribution is 2.33. The Morgan fingerprint density at radius 1 is 1.22 bits per heavy atom. The Labute approximate surface area is 138 Å². The van der Waals surface area contributed by atoms with Gasteiger partial charge in [-0.05, 0) is 72.1 Å². The lowest BCUT2D eigenvalue weighted by molar-refractivity contribution is 0.102. The molecule has 0 spiro atoms. The SMILES string of the molecule is O=C(Nc1cc(Cl)ccc1Br)c1cc(Br)sc1Br. The van der Waals surface area contributed by atoms with E-state index < -0.39 is 0 Å². The first-order chi connectivity index (χ1) is 8.47. The summed E-state index contributed by atoms with van der Waals surface area (Å²) in [6, 6.07) is 7.00. The van der Waals surface area contributed by atoms with Gasteiger partial charge in [0.05, 0.1) is 18.8 Å². The van der Waals surface area contributed by atoms with Crippen LogP contribution in [0.5, 0.6) is 0 Å². The van der Waals surface area contributed by atoms with Gasteiger partial charge in [0.15, 0.2) is 0 Å². The van der Waals surface area contributed by atoms with Crippen molar-refractivity contribution in [2.75, 3.05) is 5.32 Å². The minimum atomic E-state index is -0.188. The van der Waals surface area contributed by atoms with Crippen LogP contribution in [0, 0.1) is 0 Å². The minimum Gasteiger partial charge on any atom is -0.321 e. The molecule has 0 aliphatic heterocycles. The minimum absolute atomic E-state index is 0.188. The largest absolute Gasteiger partial charge is 0.321 e. The van der Waals surface area contributed by atoms with Crippen LogP contribution in [0.15, 0.2) is 36.3 Å². The van der Waals surface area contributed by atoms with Crippen molar-refractivity contribution >= 4 is 82.3 Å². The van der Waals surface area contributed by atoms with Gasteiger partial charge in [-0.15, -0.1) is 11.3 Å². The Balaban J connectivity index is 2.26. The van der Waals surface area contributed by atoms with Crippen LogP contribution < -0.4 is 5.32 Å². The molecule has 0 fully saturated rings. The van der Waals surface area contributed by atoms with Gasteiger partial charge in [0.25, 0.3) is 5.91 Å². The van der Waals surface area contributed by atoms with Crippen LogP contribution in [-0.2, 0) is 0 Å². The maximum atomic E-state index is 12.1. The summed E-state index contributed by atoms with van der Waals surface area (Å²) in [4.78, 5) is 12.1. The molecule has 2 aromatic rings. The average Bonchev–Trinajstić information content (AvgIpc) is 2.63. The molecule has 1 heterocycles. The summed E-state index contributed by atoms with van der Waals surface area (Å²) in [6.07, 6.45) is 0. The molecular weight excluding hydrogens is 469 g/mol. The van der Waals surface area contributed by atoms with Gasteiger partial charge >= 0.3 is 0 Å². The Hall–Kier alpha value is 0.120. The van der Waals surface area contributed by atoms with Crippen LogP contribution in [0.25, 0.3) is 0 Å². The molecule has 1 aromatic carbocycles. The molecular formula is C11H5Br3ClNOS. The van der Waals surface area contributed by atoms with Gasteiger partial charge in [0, 0.05) is 9.50 Å². The predicted octanol–water partition coefficient (Wildman–Crippen LogP) is 5.94. The molecule has 0 atom stereocenters. The highest BCUT2D eigenvalue weighted by atomic mass is 79.9. The summed E-state index contributed by atoms with van der Waals surface area (Å²) >= 11 is 17.4. The molecule has 0 radical (unpaired) electrons. The fourth-order valence-corrected chi connectivity index (χ4v) is 4.59. The maximum Gasteiger partial charge on any atom is 0.257 e. The van der Waals surface area contributed by atoms with Gasteiger partial charge in [-0.25, -0.2) is 0 Å². The van der Waals surface area contributed by atoms with Crippen molar-refractivity contribution in [2.45, 2.75) is 0 Å². The van der Waals surface area contributed by atoms with E-state index in [1.54, 1.807) is 24.3 Å². The van der Waals surface area contributed by atoms with Gasteiger partial charge in [0.2, 0.25) is 0 Å². The van der Waals surface area contributed by atoms with E-state index in [1.165, 1.54) is 11.3 Å². The second-order valence-electron chi connectivity index (χ2n) is 3.32. The van der Waals surface area contributed by atoms with Gasteiger partial charge in [0.1, 0.15) is 0 Å². The number of hydrogen-bond donors (Lipinski definition) is 1. The molecule has 0 aliphatic carbocycles. The molecule has 1 amide bonds. The van der Waals surface area contributed by atoms with Crippen molar-refractivity contribution in [1.29, 1.82) is 0 Å². The van der Waals surface area contributed by atoms with E-state index in [1.807, 2.05) is 0 Å². The topological polar surface area (TPSA) is 29.1 Å². The first-order valence-electron chi connectivity index (χ1n) is 4.68. The van der Waals surface area contributed by atoms with Crippen LogP contribution in [0.4, 0.5) is 5.69 Å². The molecule has 2 nitrogen and oxygen atoms in total. The zero-order chi connectivity index (χ0) is 13.3. The fraction of sp³-hybridized carbons (Fsp3) is 0. The molecule has 0 aliphatic rings. The van der Waals surface area contributed by atoms with E-state index >= 15 is 0 Å². The summed E-state index contributed by atoms with van der Waals surface area (Å²) in [5, 5.41) is 3.38. The van der Waals surface area contributed by atoms with Crippen molar-refractivity contribution in [3.05, 3.63) is 46.9 Å². The van der Waals surface area contributed by atoms with E-state index in [4.69, 9.17) is 11.6 Å². The lowest BCUT2D eigenvalue weighted by Gasteiger charge is -2.07. The van der Waals surface area contributed by atoms with E-state index in [-0.39, 0.29) is 5.91 Å². The van der Waals surface area contributed by atoms with Crippen molar-refractivity contribution < 1.29 is 4.79 Å². The number of nitrogens with one attached hydrogen (secondary N) is 1. The van der Waals surface area contributed by atoms with Gasteiger partial charge in [-0.1, -0.05) is 11.6 Å². The zero-order valence-corrected chi connectivity index (χ0v) is 15.0. The van der Waals surface area contributed by atoms with Crippen LogP contribution in [0.1, 0.15) is 10.4 Å². The molecule has 0 unspecified atom stereocenters. The zero-order valence-electron chi connectivity index (χ0n) is 8.64. The molecule has 18 heavy (non-hydrogen) atoms. The van der Waals surface area contributed by atoms with Crippen molar-refractivity contribution in [3.63, 3.8) is 0 Å². The number of carbonyl (C=O) groups is 1. The lowest BCUT2D eigenvalue weighted by atomic mass is 10.3. The molecule has 0 saturated heterocycles. The number of carbonyl (C=O) groups excluding carboxylic acids is 1. The molecule has 7 heteroatoms. The molecule has 0 bridgehead atoms. The number of thiophene rings is 1. The monoisotopic (exact) mass is 471 g/mol. The highest BCUT2D eigenvalue weighted by Gasteiger charge is 2.15. The lowest BCUT2D eigenvalue weighted by Crippen LogP contribution is -2.11. The number of hydrogen-bond acceptors (Lipinski definition) is 2. The predicted molar refractivity (Wildman–Crippen MR) is 86.8 cm³/mol. The summed E-state index contributed by atoms with van der Waals surface area (Å²) in [6.45, 7) is 0. The third-order valence-corrected chi connectivity index (χ3v) is 5.34. The Morgan fingerprint density at radius 3 is 2.56 bits per heavy atom. The van der Waals surface area contributed by atoms with Gasteiger partial charge in [-0.2, -0.15) is 0 Å². The van der Waals surface area contributed by atoms with Crippen LogP contribution in [0.3, 0.4) is 0 Å². The van der Waals surface area contributed by atoms with Gasteiger partial charge in [-0.3, -0.25) is 4.79 Å². The standard InChI is InChI=1S/C11H5Br3ClNOS/c12-7-2-1-5(15)3-8(7)16-11(17)6-4-9(13)18-10(6)14/h1-4H,(H,16,17). The van der Waals surface area contributed by atoms with Crippen LogP contribution in [-0.4, -0.2) is 5.91 Å². The summed E-state index contributed by atoms with van der Waals surface area (Å²) < 4.78 is 2.46. The molecule has 94 valence electrons. The second kappa shape index (κ2) is 6.05. The number of halogens is 4. The smallest absolute Gasteiger partial charge is 0.257 e. The molecule has 2 rings (SSSR count). The van der Waals surface area contributed by atoms with Crippen molar-refractivity contribution in [2.24, 2.45) is 0 Å². The van der Waals surface area contributed by atoms with Gasteiger partial charge < -0.3 is 5.32 Å². The Morgan fingerprint density at radius 2 is 1.94 bits per heavy atom. The summed E-state index contributed by atoms with van der Waals surface area (Å²) in [5.74, 6) is -0.188. The maximum absolute atomic E-state index is 12.1. The number of anilines is 1. The van der Waals surface area contributed by atoms with E-state index in [9.17, 15) is 4.79 Å². The normalized spacial score (nSPS) is 10.4. The van der Waals surface area contributed by atoms with Crippen LogP contribution in [0.2, 0.25) is 5.02 Å². The number of rotatable bonds is 2. The fourth-order valence-electron chi connectivity index (χ4n) is 1.28. The first-order valence-corrected chi connectivity index (χ1v) is 8.26. The van der Waals surface area contributed by atoms with E-state index in [0.717, 1.165) is 12.0 Å². The Kier molecular flexibility index (Phi) is 4.88. The van der Waals surface area contributed by atoms with Crippen molar-refractivity contribution in [1.82, 2.24) is 0 Å². The number of benzene rings is 1. The summed E-state index contributed by atoms with van der Waals surface area (Å²) in [5.41, 5.74) is 1.22. The third-order valence-electron chi connectivity index (χ3n) is 2.08. The van der Waals surface area contributed by atoms with Crippen molar-refractivity contribution in [3.8, 4) is 0 Å². The molecule has 1 N–H and O–H groups in total. The molecule has 0 saturated carbocycles. The Bertz CT molecular complexity index is 614. The highest BCUT2D eigenvalue weighted by molar-refractivity contribution is 9.12. The van der Waals surface area contributed by atoms with Crippen LogP contribution >= 0.6 is 70.7 Å². The first kappa shape index (κ1) is 14.5. The average molecular weight is 474 g/mol.